The summed E-state index contributed by atoms with van der Waals surface area (Å²) in [5.74, 6) is 1.04. The van der Waals surface area contributed by atoms with Crippen LogP contribution in [0.15, 0.2) is 22.8 Å². The topological polar surface area (TPSA) is 60.7 Å². The van der Waals surface area contributed by atoms with Gasteiger partial charge in [-0.3, -0.25) is 0 Å². The first kappa shape index (κ1) is 17.2. The van der Waals surface area contributed by atoms with Gasteiger partial charge in [-0.2, -0.15) is 0 Å². The maximum atomic E-state index is 10.7. The number of hydrogen-bond acceptors (Lipinski definition) is 3. The maximum absolute atomic E-state index is 10.7. The van der Waals surface area contributed by atoms with Gasteiger partial charge < -0.3 is 15.3 Å². The lowest BCUT2D eigenvalue weighted by molar-refractivity contribution is 0.123. The monoisotopic (exact) mass is 320 g/mol. The number of rotatable bonds is 2. The summed E-state index contributed by atoms with van der Waals surface area (Å²) in [5.41, 5.74) is 3.05. The van der Waals surface area contributed by atoms with Crippen LogP contribution in [0.5, 0.6) is 0 Å². The molecule has 0 heterocycles. The van der Waals surface area contributed by atoms with E-state index in [4.69, 9.17) is 0 Å². The minimum atomic E-state index is -0.538. The van der Waals surface area contributed by atoms with Gasteiger partial charge in [-0.1, -0.05) is 33.8 Å². The molecule has 0 spiro atoms. The summed E-state index contributed by atoms with van der Waals surface area (Å²) in [5, 5.41) is 30.8. The molecule has 0 bridgehead atoms. The van der Waals surface area contributed by atoms with E-state index in [-0.39, 0.29) is 23.5 Å². The van der Waals surface area contributed by atoms with Gasteiger partial charge in [-0.25, -0.2) is 0 Å². The van der Waals surface area contributed by atoms with Crippen LogP contribution in [0.2, 0.25) is 0 Å². The van der Waals surface area contributed by atoms with Gasteiger partial charge in [0.15, 0.2) is 0 Å². The second-order valence-corrected chi connectivity index (χ2v) is 8.83. The Morgan fingerprint density at radius 2 is 1.83 bits per heavy atom. The Labute approximate surface area is 140 Å². The average Bonchev–Trinajstić information content (AvgIpc) is 2.67. The predicted molar refractivity (Wildman–Crippen MR) is 91.8 cm³/mol. The highest BCUT2D eigenvalue weighted by Crippen LogP contribution is 2.59. The van der Waals surface area contributed by atoms with Crippen LogP contribution < -0.4 is 0 Å². The Hall–Kier alpha value is -0.640. The molecule has 3 aliphatic rings. The summed E-state index contributed by atoms with van der Waals surface area (Å²) in [4.78, 5) is 0. The van der Waals surface area contributed by atoms with Crippen LogP contribution in [0, 0.1) is 22.7 Å². The fourth-order valence-electron chi connectivity index (χ4n) is 5.56. The van der Waals surface area contributed by atoms with Crippen LogP contribution >= 0.6 is 0 Å². The van der Waals surface area contributed by atoms with Crippen molar-refractivity contribution in [2.45, 2.75) is 72.0 Å². The van der Waals surface area contributed by atoms with E-state index in [1.165, 1.54) is 0 Å². The van der Waals surface area contributed by atoms with Crippen LogP contribution in [0.1, 0.15) is 59.8 Å². The highest BCUT2D eigenvalue weighted by Gasteiger charge is 2.52. The van der Waals surface area contributed by atoms with Gasteiger partial charge in [0.2, 0.25) is 0 Å². The molecule has 3 N–H and O–H groups in total. The van der Waals surface area contributed by atoms with Gasteiger partial charge in [-0.05, 0) is 71.5 Å². The van der Waals surface area contributed by atoms with Crippen molar-refractivity contribution in [1.82, 2.24) is 0 Å². The quantitative estimate of drug-likeness (QED) is 0.732. The highest BCUT2D eigenvalue weighted by molar-refractivity contribution is 5.44. The molecular formula is C20H32O3. The van der Waals surface area contributed by atoms with Gasteiger partial charge >= 0.3 is 0 Å². The van der Waals surface area contributed by atoms with Crippen LogP contribution in [0.25, 0.3) is 0 Å². The van der Waals surface area contributed by atoms with E-state index in [2.05, 4.69) is 33.8 Å². The Balaban J connectivity index is 2.15. The fourth-order valence-corrected chi connectivity index (χ4v) is 5.56. The van der Waals surface area contributed by atoms with Crippen molar-refractivity contribution in [3.8, 4) is 0 Å². The van der Waals surface area contributed by atoms with Gasteiger partial charge in [-0.15, -0.1) is 0 Å². The molecule has 5 atom stereocenters. The fraction of sp³-hybridized carbons (Fsp3) is 0.800. The van der Waals surface area contributed by atoms with E-state index >= 15 is 0 Å². The Bertz CT molecular complexity index is 547. The molecule has 0 radical (unpaired) electrons. The van der Waals surface area contributed by atoms with E-state index in [0.717, 1.165) is 48.8 Å². The van der Waals surface area contributed by atoms with Crippen LogP contribution in [-0.2, 0) is 0 Å². The minimum absolute atomic E-state index is 0.0128. The first-order chi connectivity index (χ1) is 10.7. The van der Waals surface area contributed by atoms with E-state index in [1.807, 2.05) is 0 Å². The van der Waals surface area contributed by atoms with Crippen molar-refractivity contribution in [2.24, 2.45) is 22.7 Å². The second-order valence-electron chi connectivity index (χ2n) is 8.83. The number of hydrogen-bond donors (Lipinski definition) is 3. The Morgan fingerprint density at radius 3 is 2.43 bits per heavy atom. The molecule has 3 nitrogen and oxygen atoms in total. The Kier molecular flexibility index (Phi) is 4.27. The summed E-state index contributed by atoms with van der Waals surface area (Å²) >= 11 is 0. The molecule has 1 saturated carbocycles. The molecule has 3 rings (SSSR count). The smallest absolute Gasteiger partial charge is 0.0778 e. The zero-order chi connectivity index (χ0) is 17.0. The second kappa shape index (κ2) is 5.72. The zero-order valence-corrected chi connectivity index (χ0v) is 15.0. The molecule has 3 heteroatoms. The molecule has 0 unspecified atom stereocenters. The van der Waals surface area contributed by atoms with Gasteiger partial charge in [0.05, 0.1) is 18.8 Å². The summed E-state index contributed by atoms with van der Waals surface area (Å²) in [6, 6.07) is 0. The van der Waals surface area contributed by atoms with Crippen molar-refractivity contribution in [3.05, 3.63) is 22.8 Å². The third kappa shape index (κ3) is 2.52. The van der Waals surface area contributed by atoms with Gasteiger partial charge in [0.25, 0.3) is 0 Å². The van der Waals surface area contributed by atoms with Crippen molar-refractivity contribution in [1.29, 1.82) is 0 Å². The molecule has 0 aromatic carbocycles. The SMILES string of the molecule is CC(C)[C@H]1C[C@H](O)C2=CC3=C(CO)[C@@H](O)CC[C@@]3(C)CC[C@@]21C. The molecule has 3 aliphatic carbocycles. The van der Waals surface area contributed by atoms with Crippen LogP contribution in [0.3, 0.4) is 0 Å². The maximum Gasteiger partial charge on any atom is 0.0778 e. The summed E-state index contributed by atoms with van der Waals surface area (Å²) in [7, 11) is 0. The molecule has 0 saturated heterocycles. The number of fused-ring (bicyclic) bond motifs is 2. The number of allylic oxidation sites excluding steroid dienone is 2. The zero-order valence-electron chi connectivity index (χ0n) is 15.0. The summed E-state index contributed by atoms with van der Waals surface area (Å²) in [6.45, 7) is 9.01. The lowest BCUT2D eigenvalue weighted by Gasteiger charge is -2.40. The van der Waals surface area contributed by atoms with Crippen molar-refractivity contribution in [3.63, 3.8) is 0 Å². The molecular weight excluding hydrogens is 288 g/mol. The first-order valence-corrected chi connectivity index (χ1v) is 9.15. The minimum Gasteiger partial charge on any atom is -0.392 e. The summed E-state index contributed by atoms with van der Waals surface area (Å²) < 4.78 is 0. The van der Waals surface area contributed by atoms with E-state index in [9.17, 15) is 15.3 Å². The van der Waals surface area contributed by atoms with Crippen LogP contribution in [-0.4, -0.2) is 34.1 Å². The average molecular weight is 320 g/mol. The van der Waals surface area contributed by atoms with Gasteiger partial charge in [0, 0.05) is 0 Å². The molecule has 0 aromatic rings. The number of aliphatic hydroxyl groups excluding tert-OH is 3. The standard InChI is InChI=1S/C20H32O3/c1-12(2)14-10-18(23)16-9-15-13(11-21)17(22)5-6-19(15,3)7-8-20(14,16)4/h9,12,14,17-18,21-23H,5-8,10-11H2,1-4H3/t14-,17+,18+,19+,20-/m1/s1. The molecule has 130 valence electrons. The lowest BCUT2D eigenvalue weighted by atomic mass is 9.66. The summed E-state index contributed by atoms with van der Waals surface area (Å²) in [6.07, 6.45) is 5.89. The van der Waals surface area contributed by atoms with Gasteiger partial charge in [0.1, 0.15) is 0 Å². The van der Waals surface area contributed by atoms with Crippen molar-refractivity contribution >= 4 is 0 Å². The Morgan fingerprint density at radius 1 is 1.13 bits per heavy atom. The largest absolute Gasteiger partial charge is 0.392 e. The van der Waals surface area contributed by atoms with Crippen LogP contribution in [0.4, 0.5) is 0 Å². The highest BCUT2D eigenvalue weighted by atomic mass is 16.3. The van der Waals surface area contributed by atoms with Crippen molar-refractivity contribution < 1.29 is 15.3 Å². The third-order valence-electron chi connectivity index (χ3n) is 7.15. The predicted octanol–water partition coefficient (Wildman–Crippen LogP) is 3.20. The first-order valence-electron chi connectivity index (χ1n) is 9.15. The molecule has 0 aromatic heterocycles. The van der Waals surface area contributed by atoms with Crippen molar-refractivity contribution in [2.75, 3.05) is 6.61 Å². The van der Waals surface area contributed by atoms with E-state index < -0.39 is 6.10 Å². The molecule has 0 amide bonds. The van der Waals surface area contributed by atoms with E-state index in [1.54, 1.807) is 0 Å². The van der Waals surface area contributed by atoms with E-state index in [0.29, 0.717) is 11.8 Å². The third-order valence-corrected chi connectivity index (χ3v) is 7.15. The normalized spacial score (nSPS) is 44.0. The molecule has 0 aliphatic heterocycles. The molecule has 1 fully saturated rings. The lowest BCUT2D eigenvalue weighted by Crippen LogP contribution is -2.32. The number of aliphatic hydroxyl groups is 3. The molecule has 23 heavy (non-hydrogen) atoms.